The molecule has 0 atom stereocenters. The Hall–Kier alpha value is -1.33. The van der Waals surface area contributed by atoms with Crippen LogP contribution in [0, 0.1) is 0 Å². The van der Waals surface area contributed by atoms with Gasteiger partial charge in [-0.2, -0.15) is 0 Å². The Morgan fingerprint density at radius 2 is 2.00 bits per heavy atom. The van der Waals surface area contributed by atoms with Gasteiger partial charge in [0.15, 0.2) is 0 Å². The minimum absolute atomic E-state index is 0.233. The van der Waals surface area contributed by atoms with Gasteiger partial charge in [-0.25, -0.2) is 4.79 Å². The molecule has 108 valence electrons. The molecule has 0 unspecified atom stereocenters. The number of carbonyl (C=O) groups is 1. The number of hydrogen-bond donors (Lipinski definition) is 0. The van der Waals surface area contributed by atoms with Crippen LogP contribution in [0.3, 0.4) is 0 Å². The normalized spacial score (nSPS) is 11.6. The second-order valence-corrected chi connectivity index (χ2v) is 5.47. The first-order valence-electron chi connectivity index (χ1n) is 6.56. The molecule has 5 heteroatoms. The molecule has 5 nitrogen and oxygen atoms in total. The van der Waals surface area contributed by atoms with E-state index in [4.69, 9.17) is 13.9 Å². The number of hydrogen-bond acceptors (Lipinski definition) is 4. The van der Waals surface area contributed by atoms with Gasteiger partial charge >= 0.3 is 5.97 Å². The maximum Gasteiger partial charge on any atom is 0.374 e. The van der Waals surface area contributed by atoms with E-state index in [1.165, 1.54) is 0 Å². The number of carbonyl (C=O) groups excluding carboxylic acids is 1. The SMILES string of the molecule is CCCOCc1ccc(C(=O)OCC[N+](C)(C)C)o1. The summed E-state index contributed by atoms with van der Waals surface area (Å²) in [6.07, 6.45) is 0.959. The molecule has 0 N–H and O–H groups in total. The number of likely N-dealkylation sites (N-methyl/N-ethyl adjacent to an activating group) is 1. The molecular formula is C14H24NO4+. The molecule has 0 saturated heterocycles. The van der Waals surface area contributed by atoms with Crippen LogP contribution in [-0.2, 0) is 16.1 Å². The lowest BCUT2D eigenvalue weighted by Crippen LogP contribution is -2.37. The number of quaternary nitrogens is 1. The number of esters is 1. The lowest BCUT2D eigenvalue weighted by atomic mass is 10.4. The van der Waals surface area contributed by atoms with Crippen molar-refractivity contribution in [3.8, 4) is 0 Å². The Kier molecular flexibility index (Phi) is 6.05. The Morgan fingerprint density at radius 3 is 2.63 bits per heavy atom. The summed E-state index contributed by atoms with van der Waals surface area (Å²) < 4.78 is 16.6. The molecule has 0 bridgehead atoms. The van der Waals surface area contributed by atoms with E-state index in [0.29, 0.717) is 25.6 Å². The molecule has 1 aromatic heterocycles. The predicted octanol–water partition coefficient (Wildman–Crippen LogP) is 2.07. The van der Waals surface area contributed by atoms with E-state index in [1.54, 1.807) is 12.1 Å². The van der Waals surface area contributed by atoms with Crippen LogP contribution in [0.5, 0.6) is 0 Å². The van der Waals surface area contributed by atoms with Gasteiger partial charge in [0.2, 0.25) is 5.76 Å². The molecule has 0 amide bonds. The first-order chi connectivity index (χ1) is 8.92. The molecule has 1 rings (SSSR count). The highest BCUT2D eigenvalue weighted by atomic mass is 16.5. The molecule has 0 aromatic carbocycles. The van der Waals surface area contributed by atoms with Crippen molar-refractivity contribution < 1.29 is 23.2 Å². The lowest BCUT2D eigenvalue weighted by Gasteiger charge is -2.23. The van der Waals surface area contributed by atoms with Crippen molar-refractivity contribution in [1.29, 1.82) is 0 Å². The van der Waals surface area contributed by atoms with Crippen LogP contribution in [-0.4, -0.2) is 51.4 Å². The summed E-state index contributed by atoms with van der Waals surface area (Å²) in [5.41, 5.74) is 0. The summed E-state index contributed by atoms with van der Waals surface area (Å²) in [7, 11) is 6.14. The average molecular weight is 270 g/mol. The first-order valence-corrected chi connectivity index (χ1v) is 6.56. The van der Waals surface area contributed by atoms with E-state index in [0.717, 1.165) is 17.4 Å². The molecule has 0 saturated carbocycles. The van der Waals surface area contributed by atoms with Crippen LogP contribution < -0.4 is 0 Å². The third-order valence-electron chi connectivity index (χ3n) is 2.45. The summed E-state index contributed by atoms with van der Waals surface area (Å²) in [5, 5.41) is 0. The quantitative estimate of drug-likeness (QED) is 0.412. The first kappa shape index (κ1) is 15.7. The highest BCUT2D eigenvalue weighted by molar-refractivity contribution is 5.86. The van der Waals surface area contributed by atoms with Gasteiger partial charge in [0, 0.05) is 6.61 Å². The number of ether oxygens (including phenoxy) is 2. The molecule has 1 heterocycles. The van der Waals surface area contributed by atoms with Gasteiger partial charge < -0.3 is 18.4 Å². The maximum absolute atomic E-state index is 11.7. The zero-order chi connectivity index (χ0) is 14.3. The fraction of sp³-hybridized carbons (Fsp3) is 0.643. The predicted molar refractivity (Wildman–Crippen MR) is 71.8 cm³/mol. The lowest BCUT2D eigenvalue weighted by molar-refractivity contribution is -0.870. The monoisotopic (exact) mass is 270 g/mol. The molecule has 0 spiro atoms. The van der Waals surface area contributed by atoms with Crippen LogP contribution in [0.15, 0.2) is 16.5 Å². The fourth-order valence-electron chi connectivity index (χ4n) is 1.37. The Labute approximate surface area is 114 Å². The summed E-state index contributed by atoms with van der Waals surface area (Å²) in [4.78, 5) is 11.7. The van der Waals surface area contributed by atoms with Crippen molar-refractivity contribution in [3.05, 3.63) is 23.7 Å². The number of rotatable bonds is 8. The van der Waals surface area contributed by atoms with Crippen molar-refractivity contribution in [3.63, 3.8) is 0 Å². The van der Waals surface area contributed by atoms with Crippen LogP contribution in [0.25, 0.3) is 0 Å². The van der Waals surface area contributed by atoms with Crippen LogP contribution in [0.2, 0.25) is 0 Å². The van der Waals surface area contributed by atoms with Crippen LogP contribution >= 0.6 is 0 Å². The molecule has 0 aliphatic heterocycles. The maximum atomic E-state index is 11.7. The second kappa shape index (κ2) is 7.31. The van der Waals surface area contributed by atoms with Gasteiger partial charge in [-0.05, 0) is 18.6 Å². The molecule has 0 fully saturated rings. The van der Waals surface area contributed by atoms with Crippen molar-refractivity contribution >= 4 is 5.97 Å². The average Bonchev–Trinajstić information content (AvgIpc) is 2.76. The minimum Gasteiger partial charge on any atom is -0.454 e. The van der Waals surface area contributed by atoms with E-state index in [1.807, 2.05) is 28.1 Å². The second-order valence-electron chi connectivity index (χ2n) is 5.47. The summed E-state index contributed by atoms with van der Waals surface area (Å²) in [6, 6.07) is 3.37. The smallest absolute Gasteiger partial charge is 0.374 e. The third-order valence-corrected chi connectivity index (χ3v) is 2.45. The topological polar surface area (TPSA) is 48.7 Å². The third kappa shape index (κ3) is 6.40. The van der Waals surface area contributed by atoms with Crippen molar-refractivity contribution in [2.45, 2.75) is 20.0 Å². The Balaban J connectivity index is 2.36. The Bertz CT molecular complexity index is 392. The molecule has 0 aliphatic rings. The molecule has 19 heavy (non-hydrogen) atoms. The minimum atomic E-state index is -0.421. The molecule has 0 radical (unpaired) electrons. The molecular weight excluding hydrogens is 246 g/mol. The van der Waals surface area contributed by atoms with Crippen LogP contribution in [0.1, 0.15) is 29.7 Å². The molecule has 1 aromatic rings. The fourth-order valence-corrected chi connectivity index (χ4v) is 1.37. The van der Waals surface area contributed by atoms with E-state index in [9.17, 15) is 4.79 Å². The molecule has 0 aliphatic carbocycles. The summed E-state index contributed by atoms with van der Waals surface area (Å²) >= 11 is 0. The van der Waals surface area contributed by atoms with Crippen molar-refractivity contribution in [2.75, 3.05) is 40.9 Å². The van der Waals surface area contributed by atoms with E-state index >= 15 is 0 Å². The Morgan fingerprint density at radius 1 is 1.26 bits per heavy atom. The van der Waals surface area contributed by atoms with Gasteiger partial charge in [0.1, 0.15) is 25.5 Å². The van der Waals surface area contributed by atoms with Gasteiger partial charge in [0.25, 0.3) is 0 Å². The standard InChI is InChI=1S/C14H24NO4/c1-5-9-17-11-12-6-7-13(19-12)14(16)18-10-8-15(2,3)4/h6-7H,5,8-11H2,1-4H3/q+1. The van der Waals surface area contributed by atoms with Crippen LogP contribution in [0.4, 0.5) is 0 Å². The zero-order valence-corrected chi connectivity index (χ0v) is 12.3. The summed E-state index contributed by atoms with van der Waals surface area (Å²) in [5.74, 6) is 0.457. The van der Waals surface area contributed by atoms with Gasteiger partial charge in [-0.3, -0.25) is 0 Å². The van der Waals surface area contributed by atoms with E-state index in [-0.39, 0.29) is 5.76 Å². The van der Waals surface area contributed by atoms with Gasteiger partial charge in [-0.15, -0.1) is 0 Å². The van der Waals surface area contributed by atoms with E-state index < -0.39 is 5.97 Å². The largest absolute Gasteiger partial charge is 0.454 e. The van der Waals surface area contributed by atoms with Crippen molar-refractivity contribution in [2.24, 2.45) is 0 Å². The van der Waals surface area contributed by atoms with Gasteiger partial charge in [0.05, 0.1) is 21.1 Å². The number of nitrogens with zero attached hydrogens (tertiary/aromatic N) is 1. The summed E-state index contributed by atoms with van der Waals surface area (Å²) in [6.45, 7) is 4.26. The highest BCUT2D eigenvalue weighted by Crippen LogP contribution is 2.10. The highest BCUT2D eigenvalue weighted by Gasteiger charge is 2.14. The zero-order valence-electron chi connectivity index (χ0n) is 12.3. The van der Waals surface area contributed by atoms with Crippen molar-refractivity contribution in [1.82, 2.24) is 0 Å². The van der Waals surface area contributed by atoms with Gasteiger partial charge in [-0.1, -0.05) is 6.92 Å². The van der Waals surface area contributed by atoms with E-state index in [2.05, 4.69) is 0 Å². The number of furan rings is 1.